The molecule has 41 heavy (non-hydrogen) atoms. The summed E-state index contributed by atoms with van der Waals surface area (Å²) in [4.78, 5) is 29.3. The van der Waals surface area contributed by atoms with Gasteiger partial charge in [-0.15, -0.1) is 0 Å². The van der Waals surface area contributed by atoms with E-state index in [2.05, 4.69) is 12.2 Å². The Morgan fingerprint density at radius 1 is 0.951 bits per heavy atom. The first-order valence-corrected chi connectivity index (χ1v) is 16.4. The number of nitrogens with one attached hydrogen (secondary N) is 1. The number of rotatable bonds is 15. The Morgan fingerprint density at radius 2 is 1.61 bits per heavy atom. The van der Waals surface area contributed by atoms with Crippen LogP contribution in [0.5, 0.6) is 5.75 Å². The molecule has 1 heterocycles. The Morgan fingerprint density at radius 3 is 2.29 bits per heavy atom. The number of carbonyl (C=O) groups is 2. The Hall–Kier alpha value is -2.38. The first-order valence-electron chi connectivity index (χ1n) is 16.4. The number of nitrogens with zero attached hydrogens (tertiary/aromatic N) is 1. The van der Waals surface area contributed by atoms with Crippen molar-refractivity contribution in [3.8, 4) is 5.75 Å². The topological polar surface area (TPSA) is 99.1 Å². The molecule has 4 atom stereocenters. The summed E-state index contributed by atoms with van der Waals surface area (Å²) in [6.45, 7) is 2.23. The van der Waals surface area contributed by atoms with E-state index in [-0.39, 0.29) is 31.0 Å². The number of carbonyl (C=O) groups excluding carboxylic acids is 2. The maximum atomic E-state index is 14.0. The number of fused-ring (bicyclic) bond motifs is 3. The third-order valence-corrected chi connectivity index (χ3v) is 9.20. The summed E-state index contributed by atoms with van der Waals surface area (Å²) in [5.74, 6) is 0.0485. The second kappa shape index (κ2) is 16.3. The van der Waals surface area contributed by atoms with Crippen molar-refractivity contribution in [1.29, 1.82) is 0 Å². The molecule has 1 aromatic carbocycles. The molecule has 3 aliphatic rings. The minimum Gasteiger partial charge on any atom is -0.486 e. The zero-order valence-electron chi connectivity index (χ0n) is 25.1. The quantitative estimate of drug-likeness (QED) is 0.184. The van der Waals surface area contributed by atoms with Crippen molar-refractivity contribution in [3.63, 3.8) is 0 Å². The van der Waals surface area contributed by atoms with Crippen LogP contribution >= 0.6 is 0 Å². The van der Waals surface area contributed by atoms with Crippen LogP contribution in [0, 0.1) is 0 Å². The maximum absolute atomic E-state index is 14.0. The van der Waals surface area contributed by atoms with Gasteiger partial charge in [0.05, 0.1) is 18.6 Å². The fourth-order valence-corrected chi connectivity index (χ4v) is 7.03. The van der Waals surface area contributed by atoms with Gasteiger partial charge < -0.3 is 25.2 Å². The number of amides is 2. The van der Waals surface area contributed by atoms with Gasteiger partial charge in [-0.1, -0.05) is 102 Å². The molecule has 2 aliphatic carbocycles. The smallest absolute Gasteiger partial charge is 0.247 e. The van der Waals surface area contributed by atoms with E-state index >= 15 is 0 Å². The molecule has 0 bridgehead atoms. The largest absolute Gasteiger partial charge is 0.486 e. The number of ether oxygens (including phenoxy) is 1. The van der Waals surface area contributed by atoms with Crippen molar-refractivity contribution in [2.45, 2.75) is 140 Å². The molecule has 7 heteroatoms. The Labute approximate surface area is 246 Å². The predicted octanol–water partition coefficient (Wildman–Crippen LogP) is 5.78. The van der Waals surface area contributed by atoms with Gasteiger partial charge in [-0.05, 0) is 31.4 Å². The standard InChI is InChI=1S/C34H52N2O5/c1-2-3-4-5-6-7-8-9-14-21-30(38)36(25-17-12-10-11-13-18-25)28-24-27(34(40)35-22-23-37)31-26-19-15-16-20-29(26)41-33(31)32(28)39/h15-16,19-20,24-25,28,31-33,37,39H,2-14,17-18,21-23H2,1H3,(H,35,40). The van der Waals surface area contributed by atoms with Gasteiger partial charge in [-0.25, -0.2) is 0 Å². The average molecular weight is 569 g/mol. The van der Waals surface area contributed by atoms with Crippen LogP contribution in [0.15, 0.2) is 35.9 Å². The predicted molar refractivity (Wildman–Crippen MR) is 162 cm³/mol. The Bertz CT molecular complexity index is 1000. The van der Waals surface area contributed by atoms with Gasteiger partial charge in [0.1, 0.15) is 18.0 Å². The summed E-state index contributed by atoms with van der Waals surface area (Å²) in [7, 11) is 0. The lowest BCUT2D eigenvalue weighted by Gasteiger charge is -2.44. The summed E-state index contributed by atoms with van der Waals surface area (Å²) in [5.41, 5.74) is 1.39. The molecule has 0 radical (unpaired) electrons. The summed E-state index contributed by atoms with van der Waals surface area (Å²) < 4.78 is 6.28. The number of unbranched alkanes of at least 4 members (excludes halogenated alkanes) is 8. The monoisotopic (exact) mass is 568 g/mol. The van der Waals surface area contributed by atoms with Crippen molar-refractivity contribution < 1.29 is 24.5 Å². The normalized spacial score (nSPS) is 24.0. The lowest BCUT2D eigenvalue weighted by molar-refractivity contribution is -0.141. The minimum atomic E-state index is -0.947. The van der Waals surface area contributed by atoms with Gasteiger partial charge in [-0.2, -0.15) is 0 Å². The molecule has 4 rings (SSSR count). The van der Waals surface area contributed by atoms with E-state index in [1.165, 1.54) is 38.5 Å². The van der Waals surface area contributed by atoms with Gasteiger partial charge in [-0.3, -0.25) is 9.59 Å². The third-order valence-electron chi connectivity index (χ3n) is 9.20. The van der Waals surface area contributed by atoms with E-state index in [9.17, 15) is 19.8 Å². The first-order chi connectivity index (χ1) is 20.1. The fourth-order valence-electron chi connectivity index (χ4n) is 7.03. The van der Waals surface area contributed by atoms with Crippen LogP contribution in [0.25, 0.3) is 0 Å². The molecule has 1 fully saturated rings. The molecule has 7 nitrogen and oxygen atoms in total. The fraction of sp³-hybridized carbons (Fsp3) is 0.706. The molecular weight excluding hydrogens is 516 g/mol. The highest BCUT2D eigenvalue weighted by Gasteiger charge is 2.51. The number of aliphatic hydroxyl groups is 2. The lowest BCUT2D eigenvalue weighted by Crippen LogP contribution is -2.58. The van der Waals surface area contributed by atoms with Crippen LogP contribution in [0.1, 0.15) is 121 Å². The molecule has 0 aromatic heterocycles. The number of hydrogen-bond donors (Lipinski definition) is 3. The van der Waals surface area contributed by atoms with Crippen molar-refractivity contribution in [1.82, 2.24) is 10.2 Å². The molecular formula is C34H52N2O5. The van der Waals surface area contributed by atoms with E-state index in [1.54, 1.807) is 0 Å². The number of benzene rings is 1. The minimum absolute atomic E-state index is 0.0431. The SMILES string of the molecule is CCCCCCCCCCCC(=O)N(C1CCCCCC1)C1C=C(C(=O)NCCO)C2c3ccccc3OC2C1O. The summed E-state index contributed by atoms with van der Waals surface area (Å²) in [6.07, 6.45) is 17.7. The summed E-state index contributed by atoms with van der Waals surface area (Å²) in [5, 5.41) is 24.0. The average Bonchev–Trinajstić information content (AvgIpc) is 3.17. The third kappa shape index (κ3) is 8.13. The molecule has 0 spiro atoms. The second-order valence-electron chi connectivity index (χ2n) is 12.2. The van der Waals surface area contributed by atoms with Crippen LogP contribution in [-0.2, 0) is 9.59 Å². The van der Waals surface area contributed by atoms with E-state index in [0.29, 0.717) is 17.7 Å². The van der Waals surface area contributed by atoms with Crippen molar-refractivity contribution in [3.05, 3.63) is 41.5 Å². The van der Waals surface area contributed by atoms with Gasteiger partial charge in [0.15, 0.2) is 0 Å². The Kier molecular flexibility index (Phi) is 12.6. The highest BCUT2D eigenvalue weighted by atomic mass is 16.5. The van der Waals surface area contributed by atoms with E-state index in [1.807, 2.05) is 35.2 Å². The zero-order chi connectivity index (χ0) is 29.0. The van der Waals surface area contributed by atoms with Gasteiger partial charge in [0, 0.05) is 30.1 Å². The van der Waals surface area contributed by atoms with E-state index in [0.717, 1.165) is 63.4 Å². The van der Waals surface area contributed by atoms with E-state index < -0.39 is 24.2 Å². The molecule has 1 saturated carbocycles. The molecule has 3 N–H and O–H groups in total. The maximum Gasteiger partial charge on any atom is 0.247 e. The van der Waals surface area contributed by atoms with Crippen LogP contribution in [0.2, 0.25) is 0 Å². The highest BCUT2D eigenvalue weighted by Crippen LogP contribution is 2.47. The number of aliphatic hydroxyl groups excluding tert-OH is 2. The lowest BCUT2D eigenvalue weighted by atomic mass is 9.77. The van der Waals surface area contributed by atoms with Crippen molar-refractivity contribution >= 4 is 11.8 Å². The second-order valence-corrected chi connectivity index (χ2v) is 12.2. The Balaban J connectivity index is 1.52. The number of para-hydroxylation sites is 1. The molecule has 0 saturated heterocycles. The van der Waals surface area contributed by atoms with Crippen LogP contribution in [-0.4, -0.2) is 64.4 Å². The molecule has 1 aliphatic heterocycles. The van der Waals surface area contributed by atoms with Crippen molar-refractivity contribution in [2.24, 2.45) is 0 Å². The van der Waals surface area contributed by atoms with Gasteiger partial charge in [0.2, 0.25) is 11.8 Å². The highest BCUT2D eigenvalue weighted by molar-refractivity contribution is 5.96. The van der Waals surface area contributed by atoms with Crippen LogP contribution in [0.3, 0.4) is 0 Å². The first kappa shape index (κ1) is 31.6. The van der Waals surface area contributed by atoms with Crippen molar-refractivity contribution in [2.75, 3.05) is 13.2 Å². The summed E-state index contributed by atoms with van der Waals surface area (Å²) in [6, 6.07) is 7.03. The van der Waals surface area contributed by atoms with Gasteiger partial charge >= 0.3 is 0 Å². The summed E-state index contributed by atoms with van der Waals surface area (Å²) >= 11 is 0. The van der Waals surface area contributed by atoms with Gasteiger partial charge in [0.25, 0.3) is 0 Å². The molecule has 1 aromatic rings. The molecule has 228 valence electrons. The van der Waals surface area contributed by atoms with E-state index in [4.69, 9.17) is 4.74 Å². The van der Waals surface area contributed by atoms with Crippen LogP contribution < -0.4 is 10.1 Å². The number of hydrogen-bond acceptors (Lipinski definition) is 5. The molecule has 2 amide bonds. The van der Waals surface area contributed by atoms with Crippen LogP contribution in [0.4, 0.5) is 0 Å². The zero-order valence-corrected chi connectivity index (χ0v) is 25.1. The molecule has 4 unspecified atom stereocenters.